The van der Waals surface area contributed by atoms with E-state index in [0.717, 1.165) is 20.9 Å². The highest BCUT2D eigenvalue weighted by Gasteiger charge is 2.10. The van der Waals surface area contributed by atoms with Crippen LogP contribution in [0.5, 0.6) is 0 Å². The van der Waals surface area contributed by atoms with Gasteiger partial charge in [0, 0.05) is 24.4 Å². The van der Waals surface area contributed by atoms with E-state index >= 15 is 0 Å². The first-order chi connectivity index (χ1) is 13.3. The number of fused-ring (bicyclic) bond motifs is 1. The Labute approximate surface area is 175 Å². The van der Waals surface area contributed by atoms with Gasteiger partial charge in [-0.25, -0.2) is 8.42 Å². The number of hydrogen-bond acceptors (Lipinski definition) is 5. The molecular formula is C19H19BrN2O4S2. The topological polar surface area (TPSA) is 77.7 Å². The highest BCUT2D eigenvalue weighted by molar-refractivity contribution is 9.10. The Morgan fingerprint density at radius 1 is 1.21 bits per heavy atom. The summed E-state index contributed by atoms with van der Waals surface area (Å²) in [6.07, 6.45) is 1.26. The van der Waals surface area contributed by atoms with Crippen molar-refractivity contribution in [2.45, 2.75) is 17.9 Å². The lowest BCUT2D eigenvalue weighted by molar-refractivity contribution is -0.117. The maximum atomic E-state index is 12.5. The van der Waals surface area contributed by atoms with Crippen molar-refractivity contribution in [1.29, 1.82) is 0 Å². The van der Waals surface area contributed by atoms with Gasteiger partial charge >= 0.3 is 0 Å². The fraction of sp³-hybridized carbons (Fsp3) is 0.263. The number of methoxy groups -OCH3 is 1. The summed E-state index contributed by atoms with van der Waals surface area (Å²) in [7, 11) is -1.62. The summed E-state index contributed by atoms with van der Waals surface area (Å²) in [4.78, 5) is 17.6. The van der Waals surface area contributed by atoms with Crippen LogP contribution >= 0.6 is 27.3 Å². The molecule has 0 bridgehead atoms. The van der Waals surface area contributed by atoms with Crippen LogP contribution in [0, 0.1) is 0 Å². The molecule has 0 atom stereocenters. The number of aromatic nitrogens is 1. The number of carbonyl (C=O) groups excluding carboxylic acids is 1. The number of sulfone groups is 1. The summed E-state index contributed by atoms with van der Waals surface area (Å²) in [6.45, 7) is 1.10. The molecule has 0 spiro atoms. The zero-order valence-corrected chi connectivity index (χ0v) is 18.6. The first-order valence-corrected chi connectivity index (χ1v) is 11.9. The molecular weight excluding hydrogens is 464 g/mol. The van der Waals surface area contributed by atoms with E-state index in [2.05, 4.69) is 20.9 Å². The average Bonchev–Trinajstić information content (AvgIpc) is 2.95. The van der Waals surface area contributed by atoms with Crippen molar-refractivity contribution < 1.29 is 17.9 Å². The van der Waals surface area contributed by atoms with Gasteiger partial charge in [-0.1, -0.05) is 39.4 Å². The third-order valence-corrected chi connectivity index (χ3v) is 6.75. The fourth-order valence-corrected chi connectivity index (χ4v) is 4.96. The largest absolute Gasteiger partial charge is 0.383 e. The molecule has 28 heavy (non-hydrogen) atoms. The standard InChI is InChI=1S/C19H19BrN2O4S2/c1-26-10-9-22-16-8-5-14(20)12-17(16)27-19(22)21-18(23)11-13-3-6-15(7-4-13)28(2,24)25/h3-8,12H,9-11H2,1-2H3. The number of nitrogens with zero attached hydrogens (tertiary/aromatic N) is 2. The second-order valence-electron chi connectivity index (χ2n) is 6.24. The zero-order chi connectivity index (χ0) is 20.3. The third kappa shape index (κ3) is 4.96. The van der Waals surface area contributed by atoms with Gasteiger partial charge in [0.2, 0.25) is 0 Å². The van der Waals surface area contributed by atoms with Crippen LogP contribution in [0.3, 0.4) is 0 Å². The summed E-state index contributed by atoms with van der Waals surface area (Å²) in [5, 5.41) is 0. The molecule has 1 aromatic heterocycles. The maximum absolute atomic E-state index is 12.5. The molecule has 3 rings (SSSR count). The van der Waals surface area contributed by atoms with Gasteiger partial charge in [-0.05, 0) is 35.9 Å². The summed E-state index contributed by atoms with van der Waals surface area (Å²) in [6, 6.07) is 12.2. The molecule has 0 aliphatic rings. The highest BCUT2D eigenvalue weighted by atomic mass is 79.9. The molecule has 0 aliphatic carbocycles. The van der Waals surface area contributed by atoms with Gasteiger partial charge in [0.15, 0.2) is 14.6 Å². The van der Waals surface area contributed by atoms with Crippen LogP contribution in [-0.2, 0) is 32.3 Å². The lowest BCUT2D eigenvalue weighted by Gasteiger charge is -2.04. The third-order valence-electron chi connectivity index (χ3n) is 4.09. The molecule has 148 valence electrons. The number of rotatable bonds is 6. The fourth-order valence-electron chi connectivity index (χ4n) is 2.71. The Morgan fingerprint density at radius 3 is 2.57 bits per heavy atom. The Morgan fingerprint density at radius 2 is 1.93 bits per heavy atom. The predicted octanol–water partition coefficient (Wildman–Crippen LogP) is 3.19. The van der Waals surface area contributed by atoms with Crippen molar-refractivity contribution >= 4 is 53.2 Å². The summed E-state index contributed by atoms with van der Waals surface area (Å²) in [5.74, 6) is -0.288. The summed E-state index contributed by atoms with van der Waals surface area (Å²) >= 11 is 4.91. The number of halogens is 1. The van der Waals surface area contributed by atoms with Crippen molar-refractivity contribution in [2.75, 3.05) is 20.0 Å². The lowest BCUT2D eigenvalue weighted by Crippen LogP contribution is -2.19. The SMILES string of the molecule is COCCn1c(=NC(=O)Cc2ccc(S(C)(=O)=O)cc2)sc2cc(Br)ccc21. The van der Waals surface area contributed by atoms with Crippen molar-refractivity contribution in [3.05, 3.63) is 57.3 Å². The molecule has 1 amide bonds. The molecule has 0 saturated heterocycles. The van der Waals surface area contributed by atoms with Gasteiger partial charge in [-0.15, -0.1) is 0 Å². The first-order valence-electron chi connectivity index (χ1n) is 8.42. The predicted molar refractivity (Wildman–Crippen MR) is 113 cm³/mol. The van der Waals surface area contributed by atoms with Gasteiger partial charge in [-0.3, -0.25) is 4.79 Å². The Kier molecular flexibility index (Phi) is 6.49. The second kappa shape index (κ2) is 8.69. The van der Waals surface area contributed by atoms with E-state index < -0.39 is 9.84 Å². The van der Waals surface area contributed by atoms with E-state index in [1.807, 2.05) is 22.8 Å². The van der Waals surface area contributed by atoms with E-state index in [1.54, 1.807) is 19.2 Å². The van der Waals surface area contributed by atoms with Gasteiger partial charge in [-0.2, -0.15) is 4.99 Å². The molecule has 1 heterocycles. The average molecular weight is 483 g/mol. The van der Waals surface area contributed by atoms with Gasteiger partial charge in [0.1, 0.15) is 0 Å². The van der Waals surface area contributed by atoms with Gasteiger partial charge < -0.3 is 9.30 Å². The summed E-state index contributed by atoms with van der Waals surface area (Å²) in [5.41, 5.74) is 1.71. The van der Waals surface area contributed by atoms with Crippen molar-refractivity contribution in [1.82, 2.24) is 4.57 Å². The molecule has 0 N–H and O–H groups in total. The Bertz CT molecular complexity index is 1180. The van der Waals surface area contributed by atoms with Crippen LogP contribution in [0.2, 0.25) is 0 Å². The minimum absolute atomic E-state index is 0.103. The number of thiazole rings is 1. The minimum Gasteiger partial charge on any atom is -0.383 e. The molecule has 0 saturated carbocycles. The van der Waals surface area contributed by atoms with Crippen molar-refractivity contribution in [2.24, 2.45) is 4.99 Å². The van der Waals surface area contributed by atoms with Crippen LogP contribution in [0.4, 0.5) is 0 Å². The second-order valence-corrected chi connectivity index (χ2v) is 10.2. The molecule has 2 aromatic carbocycles. The minimum atomic E-state index is -3.26. The van der Waals surface area contributed by atoms with Gasteiger partial charge in [0.05, 0.1) is 28.1 Å². The Balaban J connectivity index is 1.91. The van der Waals surface area contributed by atoms with E-state index in [9.17, 15) is 13.2 Å². The molecule has 6 nitrogen and oxygen atoms in total. The van der Waals surface area contributed by atoms with Crippen LogP contribution in [-0.4, -0.2) is 38.9 Å². The number of benzene rings is 2. The zero-order valence-electron chi connectivity index (χ0n) is 15.4. The van der Waals surface area contributed by atoms with E-state index in [1.165, 1.54) is 23.5 Å². The summed E-state index contributed by atoms with van der Waals surface area (Å²) < 4.78 is 32.2. The Hall–Kier alpha value is -1.81. The quantitative estimate of drug-likeness (QED) is 0.540. The molecule has 9 heteroatoms. The highest BCUT2D eigenvalue weighted by Crippen LogP contribution is 2.22. The number of hydrogen-bond donors (Lipinski definition) is 0. The molecule has 0 fully saturated rings. The monoisotopic (exact) mass is 482 g/mol. The van der Waals surface area contributed by atoms with E-state index in [0.29, 0.717) is 23.5 Å². The van der Waals surface area contributed by atoms with Gasteiger partial charge in [0.25, 0.3) is 5.91 Å². The number of ether oxygens (including phenoxy) is 1. The van der Waals surface area contributed by atoms with E-state index in [4.69, 9.17) is 4.74 Å². The molecule has 0 aliphatic heterocycles. The molecule has 3 aromatic rings. The van der Waals surface area contributed by atoms with Crippen molar-refractivity contribution in [3.8, 4) is 0 Å². The first kappa shape index (κ1) is 20.9. The lowest BCUT2D eigenvalue weighted by atomic mass is 10.1. The normalized spacial score (nSPS) is 12.6. The number of amides is 1. The van der Waals surface area contributed by atoms with E-state index in [-0.39, 0.29) is 17.2 Å². The molecule has 0 radical (unpaired) electrons. The van der Waals surface area contributed by atoms with Crippen LogP contribution in [0.15, 0.2) is 56.8 Å². The van der Waals surface area contributed by atoms with Crippen molar-refractivity contribution in [3.63, 3.8) is 0 Å². The smallest absolute Gasteiger partial charge is 0.252 e. The van der Waals surface area contributed by atoms with Crippen LogP contribution < -0.4 is 4.80 Å². The van der Waals surface area contributed by atoms with Crippen LogP contribution in [0.25, 0.3) is 10.2 Å². The number of carbonyl (C=O) groups is 1. The maximum Gasteiger partial charge on any atom is 0.252 e. The molecule has 0 unspecified atom stereocenters. The van der Waals surface area contributed by atoms with Crippen LogP contribution in [0.1, 0.15) is 5.56 Å².